The minimum Gasteiger partial charge on any atom is -0.323 e. The number of aryl methyl sites for hydroxylation is 2. The van der Waals surface area contributed by atoms with E-state index >= 15 is 0 Å². The van der Waals surface area contributed by atoms with Crippen LogP contribution in [0.1, 0.15) is 22.9 Å². The summed E-state index contributed by atoms with van der Waals surface area (Å²) in [4.78, 5) is 27.9. The van der Waals surface area contributed by atoms with E-state index in [-0.39, 0.29) is 18.4 Å². The van der Waals surface area contributed by atoms with Crippen LogP contribution in [0.2, 0.25) is 0 Å². The van der Waals surface area contributed by atoms with Gasteiger partial charge < -0.3 is 5.32 Å². The molecule has 2 aromatic carbocycles. The molecule has 5 nitrogen and oxygen atoms in total. The molecule has 0 saturated carbocycles. The maximum Gasteiger partial charge on any atom is 0.294 e. The van der Waals surface area contributed by atoms with Crippen LogP contribution in [0.25, 0.3) is 0 Å². The summed E-state index contributed by atoms with van der Waals surface area (Å²) in [7, 11) is 0. The number of hydrogen-bond donors (Lipinski definition) is 1. The number of rotatable bonds is 3. The van der Waals surface area contributed by atoms with Crippen molar-refractivity contribution in [1.82, 2.24) is 0 Å². The lowest BCUT2D eigenvalue weighted by molar-refractivity contribution is -0.695. The van der Waals surface area contributed by atoms with E-state index in [1.807, 2.05) is 50.2 Å². The molecule has 3 aromatic rings. The van der Waals surface area contributed by atoms with Gasteiger partial charge in [-0.3, -0.25) is 14.5 Å². The largest absolute Gasteiger partial charge is 0.323 e. The fourth-order valence-corrected chi connectivity index (χ4v) is 3.73. The van der Waals surface area contributed by atoms with Gasteiger partial charge in [0, 0.05) is 23.5 Å². The van der Waals surface area contributed by atoms with Crippen LogP contribution < -0.4 is 14.8 Å². The zero-order valence-electron chi connectivity index (χ0n) is 16.2. The molecule has 0 saturated heterocycles. The molecule has 1 aromatic heterocycles. The predicted molar refractivity (Wildman–Crippen MR) is 108 cm³/mol. The third-order valence-electron chi connectivity index (χ3n) is 5.17. The van der Waals surface area contributed by atoms with Crippen molar-refractivity contribution in [3.05, 3.63) is 89.5 Å². The van der Waals surface area contributed by atoms with Gasteiger partial charge in [-0.05, 0) is 49.2 Å². The van der Waals surface area contributed by atoms with E-state index in [1.54, 1.807) is 10.8 Å². The molecular weight excluding hydrogens is 369 g/mol. The van der Waals surface area contributed by atoms with Gasteiger partial charge in [0.15, 0.2) is 6.20 Å². The number of fused-ring (bicyclic) bond motifs is 1. The van der Waals surface area contributed by atoms with E-state index < -0.39 is 11.9 Å². The van der Waals surface area contributed by atoms with Crippen LogP contribution in [0.3, 0.4) is 0 Å². The SMILES string of the molecule is Cc1cccc(C)c1NC(=O)C1c2cccc[n+]2CC(=O)N1c1ccc(F)cc1. The monoisotopic (exact) mass is 390 g/mol. The first-order valence-electron chi connectivity index (χ1n) is 9.39. The van der Waals surface area contributed by atoms with E-state index in [0.29, 0.717) is 11.4 Å². The smallest absolute Gasteiger partial charge is 0.294 e. The molecule has 29 heavy (non-hydrogen) atoms. The number of hydrogen-bond acceptors (Lipinski definition) is 2. The number of pyridine rings is 1. The normalized spacial score (nSPS) is 15.8. The lowest BCUT2D eigenvalue weighted by Gasteiger charge is -2.32. The van der Waals surface area contributed by atoms with Crippen LogP contribution >= 0.6 is 0 Å². The number of aromatic nitrogens is 1. The van der Waals surface area contributed by atoms with Crippen LogP contribution in [0.4, 0.5) is 15.8 Å². The average molecular weight is 390 g/mol. The number of carbonyl (C=O) groups is 2. The highest BCUT2D eigenvalue weighted by molar-refractivity contribution is 6.05. The van der Waals surface area contributed by atoms with E-state index in [9.17, 15) is 14.0 Å². The van der Waals surface area contributed by atoms with E-state index in [0.717, 1.165) is 16.8 Å². The maximum atomic E-state index is 13.4. The first kappa shape index (κ1) is 18.8. The summed E-state index contributed by atoms with van der Waals surface area (Å²) in [6, 6.07) is 16.0. The van der Waals surface area contributed by atoms with Crippen LogP contribution in [0.5, 0.6) is 0 Å². The number of amides is 2. The summed E-state index contributed by atoms with van der Waals surface area (Å²) >= 11 is 0. The van der Waals surface area contributed by atoms with Crippen molar-refractivity contribution >= 4 is 23.2 Å². The van der Waals surface area contributed by atoms with Gasteiger partial charge in [0.2, 0.25) is 18.3 Å². The van der Waals surface area contributed by atoms with Crippen LogP contribution in [0.15, 0.2) is 66.9 Å². The quantitative estimate of drug-likeness (QED) is 0.697. The van der Waals surface area contributed by atoms with Gasteiger partial charge in [-0.25, -0.2) is 4.39 Å². The van der Waals surface area contributed by atoms with E-state index in [1.165, 1.54) is 29.2 Å². The molecule has 0 spiro atoms. The second kappa shape index (κ2) is 7.47. The highest BCUT2D eigenvalue weighted by atomic mass is 19.1. The van der Waals surface area contributed by atoms with E-state index in [2.05, 4.69) is 5.32 Å². The van der Waals surface area contributed by atoms with Gasteiger partial charge >= 0.3 is 0 Å². The molecule has 4 rings (SSSR count). The molecule has 1 aliphatic rings. The minimum atomic E-state index is -0.873. The Morgan fingerprint density at radius 3 is 2.41 bits per heavy atom. The zero-order chi connectivity index (χ0) is 20.5. The molecule has 6 heteroatoms. The Labute approximate surface area is 168 Å². The molecule has 1 N–H and O–H groups in total. The number of benzene rings is 2. The summed E-state index contributed by atoms with van der Waals surface area (Å²) in [6.45, 7) is 3.96. The number of anilines is 2. The van der Waals surface area contributed by atoms with Crippen molar-refractivity contribution in [2.45, 2.75) is 26.4 Å². The Balaban J connectivity index is 1.80. The molecule has 2 heterocycles. The van der Waals surface area contributed by atoms with Crippen molar-refractivity contribution in [3.8, 4) is 0 Å². The molecule has 1 atom stereocenters. The molecular formula is C23H21FN3O2+. The molecule has 1 aliphatic heterocycles. The minimum absolute atomic E-state index is 0.112. The fraction of sp³-hybridized carbons (Fsp3) is 0.174. The maximum absolute atomic E-state index is 13.4. The molecule has 0 bridgehead atoms. The molecule has 2 amide bonds. The Hall–Kier alpha value is -3.54. The summed E-state index contributed by atoms with van der Waals surface area (Å²) in [5.74, 6) is -0.953. The molecule has 146 valence electrons. The summed E-state index contributed by atoms with van der Waals surface area (Å²) in [6.07, 6.45) is 1.79. The highest BCUT2D eigenvalue weighted by Crippen LogP contribution is 2.31. The lowest BCUT2D eigenvalue weighted by atomic mass is 10.0. The summed E-state index contributed by atoms with van der Waals surface area (Å²) < 4.78 is 15.2. The highest BCUT2D eigenvalue weighted by Gasteiger charge is 2.43. The van der Waals surface area contributed by atoms with Gasteiger partial charge in [0.1, 0.15) is 5.82 Å². The first-order chi connectivity index (χ1) is 14.0. The number of carbonyl (C=O) groups excluding carboxylic acids is 2. The number of nitrogens with one attached hydrogen (secondary N) is 1. The van der Waals surface area contributed by atoms with Gasteiger partial charge in [-0.2, -0.15) is 4.57 Å². The van der Waals surface area contributed by atoms with Crippen LogP contribution in [-0.4, -0.2) is 11.8 Å². The van der Waals surface area contributed by atoms with Crippen molar-refractivity contribution in [2.75, 3.05) is 10.2 Å². The Morgan fingerprint density at radius 2 is 1.72 bits per heavy atom. The van der Waals surface area contributed by atoms with Crippen molar-refractivity contribution in [1.29, 1.82) is 0 Å². The third kappa shape index (κ3) is 3.49. The third-order valence-corrected chi connectivity index (χ3v) is 5.17. The number of para-hydroxylation sites is 1. The van der Waals surface area contributed by atoms with Gasteiger partial charge in [0.05, 0.1) is 0 Å². The van der Waals surface area contributed by atoms with E-state index in [4.69, 9.17) is 0 Å². The average Bonchev–Trinajstić information content (AvgIpc) is 2.70. The molecule has 0 radical (unpaired) electrons. The standard InChI is InChI=1S/C23H20FN3O2/c1-15-6-5-7-16(2)21(15)25-23(29)22-19-8-3-4-13-26(19)14-20(28)27(22)18-11-9-17(24)10-12-18/h3-13,22H,14H2,1-2H3/p+1. The van der Waals surface area contributed by atoms with Crippen molar-refractivity contribution in [2.24, 2.45) is 0 Å². The summed E-state index contributed by atoms with van der Waals surface area (Å²) in [5.41, 5.74) is 3.79. The fourth-order valence-electron chi connectivity index (χ4n) is 3.73. The van der Waals surface area contributed by atoms with Crippen molar-refractivity contribution < 1.29 is 18.5 Å². The Kier molecular flexibility index (Phi) is 4.84. The van der Waals surface area contributed by atoms with Crippen LogP contribution in [-0.2, 0) is 16.1 Å². The second-order valence-corrected chi connectivity index (χ2v) is 7.15. The molecule has 0 fully saturated rings. The molecule has 0 aliphatic carbocycles. The molecule has 1 unspecified atom stereocenters. The van der Waals surface area contributed by atoms with Gasteiger partial charge in [0.25, 0.3) is 11.8 Å². The second-order valence-electron chi connectivity index (χ2n) is 7.15. The van der Waals surface area contributed by atoms with Crippen molar-refractivity contribution in [3.63, 3.8) is 0 Å². The Morgan fingerprint density at radius 1 is 1.03 bits per heavy atom. The lowest BCUT2D eigenvalue weighted by Crippen LogP contribution is -2.58. The zero-order valence-corrected chi connectivity index (χ0v) is 16.2. The topological polar surface area (TPSA) is 53.3 Å². The summed E-state index contributed by atoms with van der Waals surface area (Å²) in [5, 5.41) is 3.00. The number of halogens is 1. The van der Waals surface area contributed by atoms with Crippen LogP contribution in [0, 0.1) is 19.7 Å². The Bertz CT molecular complexity index is 1080. The predicted octanol–water partition coefficient (Wildman–Crippen LogP) is 3.46. The van der Waals surface area contributed by atoms with Gasteiger partial charge in [-0.15, -0.1) is 0 Å². The number of nitrogens with zero attached hydrogens (tertiary/aromatic N) is 2. The first-order valence-corrected chi connectivity index (χ1v) is 9.39. The van der Waals surface area contributed by atoms with Gasteiger partial charge in [-0.1, -0.05) is 24.3 Å².